The lowest BCUT2D eigenvalue weighted by Gasteiger charge is -2.16. The highest BCUT2D eigenvalue weighted by molar-refractivity contribution is 8.15. The lowest BCUT2D eigenvalue weighted by Crippen LogP contribution is -2.26. The molecule has 0 spiro atoms. The molecule has 1 heterocycles. The standard InChI is InChI=1S/C19H23N3O5S/c1-2-26-15-9-12(7-8-14(15)27-13-5-3-4-6-13)11-20-22-19-21-18(25)16(28-19)10-17(23)24/h7-9,11,13,16H,2-6,10H2,1H3,(H,23,24)(H,21,22,25). The molecule has 1 aliphatic carbocycles. The van der Waals surface area contributed by atoms with Crippen LogP contribution in [0.15, 0.2) is 28.4 Å². The first-order valence-electron chi connectivity index (χ1n) is 9.29. The molecule has 0 radical (unpaired) electrons. The first-order chi connectivity index (χ1) is 13.5. The fraction of sp³-hybridized carbons (Fsp3) is 0.474. The van der Waals surface area contributed by atoms with Gasteiger partial charge in [0.25, 0.3) is 0 Å². The Morgan fingerprint density at radius 2 is 2.14 bits per heavy atom. The van der Waals surface area contributed by atoms with Crippen LogP contribution in [0.1, 0.15) is 44.6 Å². The third kappa shape index (κ3) is 5.48. The molecule has 1 saturated heterocycles. The minimum atomic E-state index is -1.03. The van der Waals surface area contributed by atoms with Crippen molar-refractivity contribution in [3.63, 3.8) is 0 Å². The van der Waals surface area contributed by atoms with Crippen LogP contribution in [-0.2, 0) is 9.59 Å². The Kier molecular flexibility index (Phi) is 6.91. The smallest absolute Gasteiger partial charge is 0.305 e. The summed E-state index contributed by atoms with van der Waals surface area (Å²) in [6.45, 7) is 2.44. The van der Waals surface area contributed by atoms with E-state index in [9.17, 15) is 9.59 Å². The van der Waals surface area contributed by atoms with E-state index in [0.29, 0.717) is 17.5 Å². The number of carbonyl (C=O) groups is 2. The van der Waals surface area contributed by atoms with Crippen molar-refractivity contribution in [2.75, 3.05) is 6.61 Å². The SMILES string of the molecule is CCOc1cc(C=NN=C2NC(=O)C(CC(=O)O)S2)ccc1OC1CCCC1. The summed E-state index contributed by atoms with van der Waals surface area (Å²) in [6, 6.07) is 5.57. The molecule has 1 unspecified atom stereocenters. The van der Waals surface area contributed by atoms with Gasteiger partial charge in [0.15, 0.2) is 16.7 Å². The van der Waals surface area contributed by atoms with Gasteiger partial charge in [0.2, 0.25) is 5.91 Å². The summed E-state index contributed by atoms with van der Waals surface area (Å²) in [4.78, 5) is 22.4. The van der Waals surface area contributed by atoms with Gasteiger partial charge in [-0.3, -0.25) is 9.59 Å². The van der Waals surface area contributed by atoms with Crippen molar-refractivity contribution in [2.45, 2.75) is 50.4 Å². The zero-order valence-electron chi connectivity index (χ0n) is 15.6. The first-order valence-corrected chi connectivity index (χ1v) is 10.2. The van der Waals surface area contributed by atoms with Crippen LogP contribution in [0.2, 0.25) is 0 Å². The van der Waals surface area contributed by atoms with E-state index in [-0.39, 0.29) is 18.4 Å². The lowest BCUT2D eigenvalue weighted by atomic mass is 10.2. The number of carbonyl (C=O) groups excluding carboxylic acids is 1. The van der Waals surface area contributed by atoms with Gasteiger partial charge in [-0.1, -0.05) is 11.8 Å². The number of aliphatic carboxylic acids is 1. The number of benzene rings is 1. The number of hydrogen-bond donors (Lipinski definition) is 2. The zero-order chi connectivity index (χ0) is 19.9. The summed E-state index contributed by atoms with van der Waals surface area (Å²) in [5, 5.41) is 18.9. The number of nitrogens with zero attached hydrogens (tertiary/aromatic N) is 2. The fourth-order valence-electron chi connectivity index (χ4n) is 3.05. The molecule has 1 aromatic carbocycles. The van der Waals surface area contributed by atoms with E-state index < -0.39 is 11.2 Å². The molecular formula is C19H23N3O5S. The third-order valence-corrected chi connectivity index (χ3v) is 5.43. The van der Waals surface area contributed by atoms with Crippen LogP contribution in [0, 0.1) is 0 Å². The maximum Gasteiger partial charge on any atom is 0.305 e. The highest BCUT2D eigenvalue weighted by Gasteiger charge is 2.32. The normalized spacial score (nSPS) is 21.4. The molecule has 1 atom stereocenters. The van der Waals surface area contributed by atoms with Gasteiger partial charge in [-0.05, 0) is 56.4 Å². The second-order valence-electron chi connectivity index (χ2n) is 6.51. The summed E-state index contributed by atoms with van der Waals surface area (Å²) < 4.78 is 11.8. The summed E-state index contributed by atoms with van der Waals surface area (Å²) in [6.07, 6.45) is 6.07. The maximum atomic E-state index is 11.7. The van der Waals surface area contributed by atoms with Gasteiger partial charge in [-0.15, -0.1) is 5.10 Å². The molecule has 2 fully saturated rings. The molecule has 8 nitrogen and oxygen atoms in total. The fourth-order valence-corrected chi connectivity index (χ4v) is 3.96. The second-order valence-corrected chi connectivity index (χ2v) is 7.70. The van der Waals surface area contributed by atoms with Gasteiger partial charge in [-0.2, -0.15) is 5.10 Å². The van der Waals surface area contributed by atoms with Crippen LogP contribution in [-0.4, -0.2) is 46.3 Å². The van der Waals surface area contributed by atoms with Crippen LogP contribution >= 0.6 is 11.8 Å². The highest BCUT2D eigenvalue weighted by atomic mass is 32.2. The molecule has 1 aromatic rings. The van der Waals surface area contributed by atoms with E-state index in [0.717, 1.165) is 35.9 Å². The predicted molar refractivity (Wildman–Crippen MR) is 107 cm³/mol. The van der Waals surface area contributed by atoms with Gasteiger partial charge in [0, 0.05) is 0 Å². The van der Waals surface area contributed by atoms with Crippen LogP contribution in [0.4, 0.5) is 0 Å². The van der Waals surface area contributed by atoms with E-state index >= 15 is 0 Å². The average Bonchev–Trinajstić information content (AvgIpc) is 3.27. The molecule has 28 heavy (non-hydrogen) atoms. The average molecular weight is 405 g/mol. The lowest BCUT2D eigenvalue weighted by molar-refractivity contribution is -0.138. The maximum absolute atomic E-state index is 11.7. The van der Waals surface area contributed by atoms with Gasteiger partial charge in [-0.25, -0.2) is 0 Å². The predicted octanol–water partition coefficient (Wildman–Crippen LogP) is 2.80. The van der Waals surface area contributed by atoms with Crippen LogP contribution in [0.25, 0.3) is 0 Å². The van der Waals surface area contributed by atoms with Crippen molar-refractivity contribution >= 4 is 35.0 Å². The third-order valence-electron chi connectivity index (χ3n) is 4.36. The molecule has 150 valence electrons. The Balaban J connectivity index is 1.65. The van der Waals surface area contributed by atoms with Crippen molar-refractivity contribution in [2.24, 2.45) is 10.2 Å². The first kappa shape index (κ1) is 20.2. The number of hydrogen-bond acceptors (Lipinski definition) is 7. The topological polar surface area (TPSA) is 110 Å². The van der Waals surface area contributed by atoms with Crippen molar-refractivity contribution in [1.82, 2.24) is 5.32 Å². The Morgan fingerprint density at radius 1 is 1.36 bits per heavy atom. The second kappa shape index (κ2) is 9.59. The summed E-state index contributed by atoms with van der Waals surface area (Å²) in [5.41, 5.74) is 0.781. The Hall–Kier alpha value is -2.55. The molecule has 0 aromatic heterocycles. The van der Waals surface area contributed by atoms with Gasteiger partial charge < -0.3 is 19.9 Å². The number of rotatable bonds is 8. The van der Waals surface area contributed by atoms with Gasteiger partial charge in [0.1, 0.15) is 5.25 Å². The van der Waals surface area contributed by atoms with Crippen LogP contribution in [0.5, 0.6) is 11.5 Å². The molecule has 3 rings (SSSR count). The Morgan fingerprint density at radius 3 is 2.86 bits per heavy atom. The minimum Gasteiger partial charge on any atom is -0.490 e. The van der Waals surface area contributed by atoms with Crippen LogP contribution in [0.3, 0.4) is 0 Å². The molecular weight excluding hydrogens is 382 g/mol. The summed E-state index contributed by atoms with van der Waals surface area (Å²) >= 11 is 1.06. The highest BCUT2D eigenvalue weighted by Crippen LogP contribution is 2.32. The zero-order valence-corrected chi connectivity index (χ0v) is 16.4. The van der Waals surface area contributed by atoms with Gasteiger partial charge in [0.05, 0.1) is 25.3 Å². The molecule has 2 aliphatic rings. The Labute approximate surface area is 167 Å². The van der Waals surface area contributed by atoms with E-state index in [2.05, 4.69) is 15.5 Å². The number of amidine groups is 1. The Bertz CT molecular complexity index is 790. The van der Waals surface area contributed by atoms with Crippen LogP contribution < -0.4 is 14.8 Å². The molecule has 9 heteroatoms. The van der Waals surface area contributed by atoms with Crippen molar-refractivity contribution in [3.05, 3.63) is 23.8 Å². The van der Waals surface area contributed by atoms with E-state index in [4.69, 9.17) is 14.6 Å². The number of thioether (sulfide) groups is 1. The molecule has 1 saturated carbocycles. The van der Waals surface area contributed by atoms with E-state index in [1.807, 2.05) is 25.1 Å². The van der Waals surface area contributed by atoms with Gasteiger partial charge >= 0.3 is 5.97 Å². The molecule has 2 N–H and O–H groups in total. The molecule has 1 amide bonds. The largest absolute Gasteiger partial charge is 0.490 e. The molecule has 0 bridgehead atoms. The van der Waals surface area contributed by atoms with Crippen molar-refractivity contribution in [3.8, 4) is 11.5 Å². The number of carboxylic acid groups (broad SMARTS) is 1. The van der Waals surface area contributed by atoms with E-state index in [1.54, 1.807) is 6.21 Å². The van der Waals surface area contributed by atoms with Crippen molar-refractivity contribution < 1.29 is 24.2 Å². The number of ether oxygens (including phenoxy) is 2. The monoisotopic (exact) mass is 405 g/mol. The number of nitrogens with one attached hydrogen (secondary N) is 1. The number of amides is 1. The summed E-state index contributed by atoms with van der Waals surface area (Å²) in [7, 11) is 0. The quantitative estimate of drug-likeness (QED) is 0.508. The number of carboxylic acids is 1. The summed E-state index contributed by atoms with van der Waals surface area (Å²) in [5.74, 6) is -0.00225. The molecule has 1 aliphatic heterocycles. The van der Waals surface area contributed by atoms with Crippen molar-refractivity contribution in [1.29, 1.82) is 0 Å². The van der Waals surface area contributed by atoms with E-state index in [1.165, 1.54) is 12.8 Å². The minimum absolute atomic E-state index is 0.242.